The number of amides is 2. The van der Waals surface area contributed by atoms with Crippen molar-refractivity contribution in [1.29, 1.82) is 5.26 Å². The summed E-state index contributed by atoms with van der Waals surface area (Å²) in [7, 11) is 1.58. The fraction of sp³-hybridized carbons (Fsp3) is 0.280. The van der Waals surface area contributed by atoms with E-state index in [4.69, 9.17) is 33.7 Å². The lowest BCUT2D eigenvalue weighted by molar-refractivity contribution is 0.231. The lowest BCUT2D eigenvalue weighted by atomic mass is 9.78. The smallest absolute Gasteiger partial charge is 0.324 e. The molecule has 1 aliphatic rings. The Morgan fingerprint density at radius 3 is 2.61 bits per heavy atom. The SMILES string of the molecule is CCCCSC1=C(C#N)C(c2ccc(Cl)cc2Cl)C(c2ccccc2OC)=C(C)N1C(N)=O. The van der Waals surface area contributed by atoms with Gasteiger partial charge in [0.1, 0.15) is 5.75 Å². The van der Waals surface area contributed by atoms with Crippen LogP contribution in [0.3, 0.4) is 0 Å². The maximum absolute atomic E-state index is 12.6. The normalized spacial score (nSPS) is 16.1. The minimum atomic E-state index is -0.646. The highest BCUT2D eigenvalue weighted by Gasteiger charge is 2.39. The Balaban J connectivity index is 2.37. The van der Waals surface area contributed by atoms with Crippen molar-refractivity contribution in [3.05, 3.63) is 79.9 Å². The molecule has 1 aliphatic heterocycles. The van der Waals surface area contributed by atoms with Crippen molar-refractivity contribution in [3.8, 4) is 11.8 Å². The number of nitrogens with two attached hydrogens (primary N) is 1. The Hall–Kier alpha value is -2.59. The van der Waals surface area contributed by atoms with Crippen LogP contribution in [0.25, 0.3) is 5.57 Å². The molecule has 0 aromatic heterocycles. The molecule has 2 aromatic carbocycles. The highest BCUT2D eigenvalue weighted by atomic mass is 35.5. The van der Waals surface area contributed by atoms with Crippen molar-refractivity contribution in [3.63, 3.8) is 0 Å². The molecule has 2 N–H and O–H groups in total. The molecule has 5 nitrogen and oxygen atoms in total. The molecule has 2 aromatic rings. The van der Waals surface area contributed by atoms with E-state index in [1.54, 1.807) is 19.2 Å². The van der Waals surface area contributed by atoms with Crippen molar-refractivity contribution in [2.24, 2.45) is 5.73 Å². The molecule has 8 heteroatoms. The Morgan fingerprint density at radius 2 is 2.00 bits per heavy atom. The van der Waals surface area contributed by atoms with Crippen LogP contribution in [0.2, 0.25) is 10.0 Å². The second-order valence-electron chi connectivity index (χ2n) is 7.50. The summed E-state index contributed by atoms with van der Waals surface area (Å²) < 4.78 is 5.62. The van der Waals surface area contributed by atoms with Gasteiger partial charge in [0, 0.05) is 21.3 Å². The molecular formula is C25H25Cl2N3O2S. The van der Waals surface area contributed by atoms with Gasteiger partial charge < -0.3 is 10.5 Å². The van der Waals surface area contributed by atoms with E-state index in [1.165, 1.54) is 16.7 Å². The van der Waals surface area contributed by atoms with Gasteiger partial charge in [0.15, 0.2) is 0 Å². The van der Waals surface area contributed by atoms with Crippen LogP contribution in [0.15, 0.2) is 58.8 Å². The van der Waals surface area contributed by atoms with E-state index in [0.29, 0.717) is 32.1 Å². The maximum Gasteiger partial charge on any atom is 0.324 e. The predicted octanol–water partition coefficient (Wildman–Crippen LogP) is 7.18. The maximum atomic E-state index is 12.6. The Morgan fingerprint density at radius 1 is 1.27 bits per heavy atom. The second-order valence-corrected chi connectivity index (χ2v) is 9.43. The number of benzene rings is 2. The third-order valence-electron chi connectivity index (χ3n) is 5.48. The summed E-state index contributed by atoms with van der Waals surface area (Å²) in [4.78, 5) is 14.1. The number of rotatable bonds is 7. The average Bonchev–Trinajstić information content (AvgIpc) is 2.79. The van der Waals surface area contributed by atoms with E-state index in [9.17, 15) is 10.1 Å². The Labute approximate surface area is 208 Å². The van der Waals surface area contributed by atoms with Crippen molar-refractivity contribution in [1.82, 2.24) is 4.90 Å². The summed E-state index contributed by atoms with van der Waals surface area (Å²) in [5.74, 6) is 0.834. The largest absolute Gasteiger partial charge is 0.496 e. The summed E-state index contributed by atoms with van der Waals surface area (Å²) in [6.45, 7) is 3.92. The summed E-state index contributed by atoms with van der Waals surface area (Å²) in [5, 5.41) is 11.8. The third-order valence-corrected chi connectivity index (χ3v) is 7.22. The molecule has 0 spiro atoms. The number of carbonyl (C=O) groups excluding carboxylic acids is 1. The Kier molecular flexibility index (Phi) is 8.36. The number of allylic oxidation sites excluding steroid dienone is 3. The molecule has 1 unspecified atom stereocenters. The number of thioether (sulfide) groups is 1. The number of halogens is 2. The number of urea groups is 1. The first kappa shape index (κ1) is 25.0. The molecule has 33 heavy (non-hydrogen) atoms. The van der Waals surface area contributed by atoms with Gasteiger partial charge >= 0.3 is 6.03 Å². The van der Waals surface area contributed by atoms with E-state index >= 15 is 0 Å². The first-order valence-corrected chi connectivity index (χ1v) is 12.3. The zero-order valence-electron chi connectivity index (χ0n) is 18.7. The highest BCUT2D eigenvalue weighted by Crippen LogP contribution is 2.51. The van der Waals surface area contributed by atoms with Crippen LogP contribution < -0.4 is 10.5 Å². The first-order chi connectivity index (χ1) is 15.8. The lowest BCUT2D eigenvalue weighted by Gasteiger charge is -2.37. The van der Waals surface area contributed by atoms with Crippen LogP contribution in [0.1, 0.15) is 43.7 Å². The van der Waals surface area contributed by atoms with Gasteiger partial charge in [-0.2, -0.15) is 5.26 Å². The van der Waals surface area contributed by atoms with Crippen LogP contribution in [0, 0.1) is 11.3 Å². The van der Waals surface area contributed by atoms with E-state index in [2.05, 4.69) is 13.0 Å². The third kappa shape index (κ3) is 5.01. The molecule has 172 valence electrons. The molecule has 0 saturated carbocycles. The fourth-order valence-corrected chi connectivity index (χ4v) is 5.79. The molecule has 1 atom stereocenters. The van der Waals surface area contributed by atoms with Crippen molar-refractivity contribution < 1.29 is 9.53 Å². The van der Waals surface area contributed by atoms with Crippen LogP contribution in [0.4, 0.5) is 4.79 Å². The molecule has 2 amide bonds. The number of unbranched alkanes of at least 4 members (excludes halogenated alkanes) is 1. The number of primary amides is 1. The van der Waals surface area contributed by atoms with Gasteiger partial charge in [-0.05, 0) is 48.4 Å². The molecule has 0 fully saturated rings. The van der Waals surface area contributed by atoms with Gasteiger partial charge in [0.05, 0.1) is 29.7 Å². The summed E-state index contributed by atoms with van der Waals surface area (Å²) in [6.07, 6.45) is 1.93. The van der Waals surface area contributed by atoms with E-state index in [1.807, 2.05) is 37.3 Å². The van der Waals surface area contributed by atoms with Gasteiger partial charge in [0.25, 0.3) is 0 Å². The van der Waals surface area contributed by atoms with E-state index in [-0.39, 0.29) is 0 Å². The number of methoxy groups -OCH3 is 1. The zero-order chi connectivity index (χ0) is 24.1. The van der Waals surface area contributed by atoms with Crippen LogP contribution in [-0.2, 0) is 0 Å². The quantitative estimate of drug-likeness (QED) is 0.407. The van der Waals surface area contributed by atoms with Gasteiger partial charge in [-0.1, -0.05) is 60.8 Å². The fourth-order valence-electron chi connectivity index (χ4n) is 3.97. The number of nitriles is 1. The van der Waals surface area contributed by atoms with Crippen LogP contribution >= 0.6 is 35.0 Å². The summed E-state index contributed by atoms with van der Waals surface area (Å²) >= 11 is 14.3. The van der Waals surface area contributed by atoms with Gasteiger partial charge in [0.2, 0.25) is 0 Å². The van der Waals surface area contributed by atoms with Crippen molar-refractivity contribution in [2.75, 3.05) is 12.9 Å². The number of hydrogen-bond donors (Lipinski definition) is 1. The molecule has 1 heterocycles. The Bertz CT molecular complexity index is 1170. The van der Waals surface area contributed by atoms with Crippen molar-refractivity contribution in [2.45, 2.75) is 32.6 Å². The second kappa shape index (κ2) is 11.0. The molecular weight excluding hydrogens is 477 g/mol. The summed E-state index contributed by atoms with van der Waals surface area (Å²) in [6, 6.07) is 14.4. The molecule has 0 bridgehead atoms. The average molecular weight is 502 g/mol. The first-order valence-electron chi connectivity index (χ1n) is 10.5. The number of ether oxygens (including phenoxy) is 1. The number of nitrogens with zero attached hydrogens (tertiary/aromatic N) is 2. The van der Waals surface area contributed by atoms with Crippen LogP contribution in [0.5, 0.6) is 5.75 Å². The molecule has 0 radical (unpaired) electrons. The summed E-state index contributed by atoms with van der Waals surface area (Å²) in [5.41, 5.74) is 9.07. The number of carbonyl (C=O) groups is 1. The predicted molar refractivity (Wildman–Crippen MR) is 136 cm³/mol. The molecule has 0 saturated heterocycles. The van der Waals surface area contributed by atoms with E-state index in [0.717, 1.165) is 35.3 Å². The standard InChI is InChI=1S/C25H25Cl2N3O2S/c1-4-5-12-33-24-19(14-28)23(17-11-10-16(26)13-20(17)27)22(15(2)30(24)25(29)31)18-8-6-7-9-21(18)32-3/h6-11,13,23H,4-5,12H2,1-3H3,(H2,29,31). The topological polar surface area (TPSA) is 79.3 Å². The van der Waals surface area contributed by atoms with Gasteiger partial charge in [-0.3, -0.25) is 4.90 Å². The minimum absolute atomic E-state index is 0.408. The van der Waals surface area contributed by atoms with Crippen LogP contribution in [-0.4, -0.2) is 23.8 Å². The van der Waals surface area contributed by atoms with Gasteiger partial charge in [-0.15, -0.1) is 11.8 Å². The highest BCUT2D eigenvalue weighted by molar-refractivity contribution is 8.03. The van der Waals surface area contributed by atoms with Gasteiger partial charge in [-0.25, -0.2) is 4.79 Å². The zero-order valence-corrected chi connectivity index (χ0v) is 21.0. The molecule has 3 rings (SSSR count). The monoisotopic (exact) mass is 501 g/mol. The number of para-hydroxylation sites is 1. The molecule has 0 aliphatic carbocycles. The van der Waals surface area contributed by atoms with Crippen molar-refractivity contribution >= 4 is 46.6 Å². The lowest BCUT2D eigenvalue weighted by Crippen LogP contribution is -2.37. The number of hydrogen-bond acceptors (Lipinski definition) is 4. The van der Waals surface area contributed by atoms with E-state index < -0.39 is 11.9 Å². The minimum Gasteiger partial charge on any atom is -0.496 e.